The smallest absolute Gasteiger partial charge is 0.254 e. The Bertz CT molecular complexity index is 1250. The van der Waals surface area contributed by atoms with E-state index >= 15 is 0 Å². The summed E-state index contributed by atoms with van der Waals surface area (Å²) in [7, 11) is 0. The maximum Gasteiger partial charge on any atom is 0.254 e. The maximum absolute atomic E-state index is 6.31. The van der Waals surface area contributed by atoms with Crippen LogP contribution < -0.4 is 57.1 Å². The first-order chi connectivity index (χ1) is 15.8. The van der Waals surface area contributed by atoms with E-state index in [1.165, 1.54) is 0 Å². The van der Waals surface area contributed by atoms with Gasteiger partial charge in [0.2, 0.25) is 0 Å². The van der Waals surface area contributed by atoms with E-state index in [9.17, 15) is 0 Å². The number of hydrogen-bond acceptors (Lipinski definition) is 1. The summed E-state index contributed by atoms with van der Waals surface area (Å²) in [6, 6.07) is 7.75. The van der Waals surface area contributed by atoms with Gasteiger partial charge in [-0.1, -0.05) is 46.4 Å². The molecule has 4 aromatic rings. The van der Waals surface area contributed by atoms with E-state index in [1.807, 2.05) is 24.3 Å². The lowest BCUT2D eigenvalue weighted by molar-refractivity contribution is -0.687. The summed E-state index contributed by atoms with van der Waals surface area (Å²) in [6.45, 7) is 12.8. The molecule has 5 nitrogen and oxygen atoms in total. The minimum Gasteiger partial charge on any atom is -1.00 e. The Labute approximate surface area is 260 Å². The van der Waals surface area contributed by atoms with Crippen LogP contribution in [0.5, 0.6) is 0 Å². The second kappa shape index (κ2) is 13.2. The molecule has 4 rings (SSSR count). The summed E-state index contributed by atoms with van der Waals surface area (Å²) in [5.41, 5.74) is 4.29. The number of aromatic nitrogens is 4. The van der Waals surface area contributed by atoms with E-state index in [4.69, 9.17) is 51.1 Å². The van der Waals surface area contributed by atoms with Gasteiger partial charge in [-0.3, -0.25) is 0 Å². The van der Waals surface area contributed by atoms with E-state index in [1.54, 1.807) is 0 Å². The van der Waals surface area contributed by atoms with Crippen molar-refractivity contribution in [3.05, 3.63) is 56.0 Å². The van der Waals surface area contributed by atoms with E-state index in [2.05, 4.69) is 46.0 Å². The van der Waals surface area contributed by atoms with Crippen LogP contribution in [-0.4, -0.2) is 22.3 Å². The number of hydrogen-bond donors (Lipinski definition) is 0. The SMILES string of the molecule is CCn1c(C)[n+](CCOCC[n+]2c(C)n(CC)c3cc(Cl)c(Cl)cc32)c2cc(Cl)c(Cl)cc21.[I-].[I-]. The monoisotopic (exact) mass is 782 g/mol. The first-order valence-electron chi connectivity index (χ1n) is 11.1. The summed E-state index contributed by atoms with van der Waals surface area (Å²) in [6.07, 6.45) is 0. The van der Waals surface area contributed by atoms with Gasteiger partial charge in [-0.15, -0.1) is 0 Å². The van der Waals surface area contributed by atoms with Crippen molar-refractivity contribution >= 4 is 68.5 Å². The summed E-state index contributed by atoms with van der Waals surface area (Å²) < 4.78 is 15.0. The molecular formula is C24H28Cl4I2N4O. The number of nitrogens with zero attached hydrogens (tertiary/aromatic N) is 4. The molecule has 0 aliphatic heterocycles. The largest absolute Gasteiger partial charge is 1.00 e. The molecule has 2 heterocycles. The summed E-state index contributed by atoms with van der Waals surface area (Å²) in [4.78, 5) is 0. The van der Waals surface area contributed by atoms with Crippen LogP contribution in [-0.2, 0) is 30.9 Å². The Hall–Kier alpha value is -0.0400. The van der Waals surface area contributed by atoms with Gasteiger partial charge in [0.25, 0.3) is 11.6 Å². The van der Waals surface area contributed by atoms with E-state index in [0.29, 0.717) is 33.3 Å². The fraction of sp³-hybridized carbons (Fsp3) is 0.417. The van der Waals surface area contributed by atoms with Gasteiger partial charge in [0.1, 0.15) is 13.1 Å². The highest BCUT2D eigenvalue weighted by Crippen LogP contribution is 2.28. The van der Waals surface area contributed by atoms with E-state index < -0.39 is 0 Å². The standard InChI is InChI=1S/C24H28Cl4N4O.2HI/c1-5-29-15(3)31(23-13-19(27)17(25)11-21(23)29)7-9-33-10-8-32-16(4)30(6-2)22-12-18(26)20(28)14-24(22)32;;/h11-14H,5-10H2,1-4H3;2*1H/q+2;;/p-2. The molecule has 0 N–H and O–H groups in total. The van der Waals surface area contributed by atoms with E-state index in [0.717, 1.165) is 59.9 Å². The number of aryl methyl sites for hydroxylation is 2. The zero-order valence-electron chi connectivity index (χ0n) is 20.0. The molecule has 0 saturated heterocycles. The van der Waals surface area contributed by atoms with Crippen LogP contribution >= 0.6 is 46.4 Å². The number of halogens is 6. The van der Waals surface area contributed by atoms with Gasteiger partial charge in [0.05, 0.1) is 46.4 Å². The third-order valence-electron chi connectivity index (χ3n) is 6.31. The molecule has 0 atom stereocenters. The zero-order valence-corrected chi connectivity index (χ0v) is 27.4. The number of imidazole rings is 2. The van der Waals surface area contributed by atoms with Crippen LogP contribution in [0, 0.1) is 13.8 Å². The van der Waals surface area contributed by atoms with Gasteiger partial charge in [-0.25, -0.2) is 18.3 Å². The average Bonchev–Trinajstić information content (AvgIpc) is 3.18. The van der Waals surface area contributed by atoms with Crippen LogP contribution in [0.25, 0.3) is 22.1 Å². The molecule has 0 aliphatic carbocycles. The van der Waals surface area contributed by atoms with Crippen LogP contribution in [0.4, 0.5) is 0 Å². The van der Waals surface area contributed by atoms with Crippen LogP contribution in [0.2, 0.25) is 20.1 Å². The molecule has 0 saturated carbocycles. The molecule has 0 fully saturated rings. The fourth-order valence-corrected chi connectivity index (χ4v) is 5.31. The zero-order chi connectivity index (χ0) is 23.9. The van der Waals surface area contributed by atoms with E-state index in [-0.39, 0.29) is 48.0 Å². The average molecular weight is 784 g/mol. The molecule has 0 bridgehead atoms. The first-order valence-corrected chi connectivity index (χ1v) is 12.6. The number of rotatable bonds is 8. The van der Waals surface area contributed by atoms with Crippen molar-refractivity contribution in [2.75, 3.05) is 13.2 Å². The van der Waals surface area contributed by atoms with Crippen molar-refractivity contribution in [3.8, 4) is 0 Å². The third-order valence-corrected chi connectivity index (χ3v) is 7.76. The van der Waals surface area contributed by atoms with Gasteiger partial charge < -0.3 is 52.7 Å². The van der Waals surface area contributed by atoms with Crippen molar-refractivity contribution in [3.63, 3.8) is 0 Å². The predicted molar refractivity (Wildman–Crippen MR) is 136 cm³/mol. The highest BCUT2D eigenvalue weighted by molar-refractivity contribution is 6.43. The van der Waals surface area contributed by atoms with Crippen molar-refractivity contribution in [2.45, 2.75) is 53.9 Å². The molecule has 35 heavy (non-hydrogen) atoms. The summed E-state index contributed by atoms with van der Waals surface area (Å²) >= 11 is 25.1. The lowest BCUT2D eigenvalue weighted by atomic mass is 10.3. The Morgan fingerprint density at radius 2 is 1.00 bits per heavy atom. The summed E-state index contributed by atoms with van der Waals surface area (Å²) in [5.74, 6) is 2.30. The topological polar surface area (TPSA) is 26.8 Å². The molecule has 192 valence electrons. The quantitative estimate of drug-likeness (QED) is 0.142. The first kappa shape index (κ1) is 31.2. The Kier molecular flexibility index (Phi) is 11.7. The van der Waals surface area contributed by atoms with Crippen molar-refractivity contribution in [1.82, 2.24) is 9.13 Å². The van der Waals surface area contributed by atoms with Crippen molar-refractivity contribution in [2.24, 2.45) is 0 Å². The van der Waals surface area contributed by atoms with Crippen molar-refractivity contribution < 1.29 is 61.8 Å². The third kappa shape index (κ3) is 6.01. The van der Waals surface area contributed by atoms with Gasteiger partial charge in [0, 0.05) is 38.1 Å². The molecule has 11 heteroatoms. The van der Waals surface area contributed by atoms with Crippen LogP contribution in [0.1, 0.15) is 25.5 Å². The highest BCUT2D eigenvalue weighted by atomic mass is 127. The molecule has 0 unspecified atom stereocenters. The Balaban J connectivity index is 0.00000216. The van der Waals surface area contributed by atoms with Crippen molar-refractivity contribution in [1.29, 1.82) is 0 Å². The van der Waals surface area contributed by atoms with Crippen LogP contribution in [0.3, 0.4) is 0 Å². The van der Waals surface area contributed by atoms with Gasteiger partial charge in [-0.2, -0.15) is 0 Å². The van der Waals surface area contributed by atoms with Gasteiger partial charge in [0.15, 0.2) is 22.1 Å². The van der Waals surface area contributed by atoms with Crippen LogP contribution in [0.15, 0.2) is 24.3 Å². The lowest BCUT2D eigenvalue weighted by Gasteiger charge is -2.05. The predicted octanol–water partition coefficient (Wildman–Crippen LogP) is 0.166. The number of benzene rings is 2. The second-order valence-corrected chi connectivity index (χ2v) is 9.64. The van der Waals surface area contributed by atoms with Gasteiger partial charge >= 0.3 is 0 Å². The molecule has 2 aromatic carbocycles. The number of ether oxygens (including phenoxy) is 1. The number of fused-ring (bicyclic) bond motifs is 2. The molecule has 0 radical (unpaired) electrons. The lowest BCUT2D eigenvalue weighted by Crippen LogP contribution is -3.00. The van der Waals surface area contributed by atoms with Gasteiger partial charge in [-0.05, 0) is 13.8 Å². The molecule has 0 aliphatic rings. The second-order valence-electron chi connectivity index (χ2n) is 8.01. The maximum atomic E-state index is 6.31. The molecule has 0 spiro atoms. The highest BCUT2D eigenvalue weighted by Gasteiger charge is 2.24. The minimum absolute atomic E-state index is 0. The Morgan fingerprint density at radius 1 is 0.657 bits per heavy atom. The fourth-order valence-electron chi connectivity index (χ4n) is 4.68. The summed E-state index contributed by atoms with van der Waals surface area (Å²) in [5, 5.41) is 2.26. The molecular weight excluding hydrogens is 756 g/mol. The molecule has 0 amide bonds. The Morgan fingerprint density at radius 3 is 1.34 bits per heavy atom. The molecule has 2 aromatic heterocycles. The normalized spacial score (nSPS) is 11.2. The minimum atomic E-state index is 0.